The summed E-state index contributed by atoms with van der Waals surface area (Å²) < 4.78 is 29.8. The normalized spacial score (nSPS) is 13.2. The molecule has 0 aromatic carbocycles. The molecule has 0 aliphatic carbocycles. The summed E-state index contributed by atoms with van der Waals surface area (Å²) in [5.74, 6) is -3.91. The van der Waals surface area contributed by atoms with Gasteiger partial charge in [0.1, 0.15) is 0 Å². The number of carbonyl (C=O) groups is 3. The molecule has 4 N–H and O–H groups in total. The van der Waals surface area contributed by atoms with Gasteiger partial charge in [0.2, 0.25) is 5.91 Å². The highest BCUT2D eigenvalue weighted by atomic mass is 32.2. The number of carbonyl (C=O) groups excluding carboxylic acids is 1. The maximum atomic E-state index is 10.9. The van der Waals surface area contributed by atoms with Gasteiger partial charge in [0, 0.05) is 18.7 Å². The molecule has 0 saturated heterocycles. The number of hydrogen-bond acceptors (Lipinski definition) is 5. The predicted octanol–water partition coefficient (Wildman–Crippen LogP) is -1.53. The molecule has 0 aromatic rings. The zero-order valence-corrected chi connectivity index (χ0v) is 9.75. The van der Waals surface area contributed by atoms with E-state index in [0.717, 1.165) is 0 Å². The smallest absolute Gasteiger partial charge is 0.328 e. The minimum absolute atomic E-state index is 0.348. The summed E-state index contributed by atoms with van der Waals surface area (Å²) in [7, 11) is -4.75. The molecule has 1 atom stereocenters. The molecular weight excluding hydrogens is 270 g/mol. The molecule has 0 radical (unpaired) electrons. The van der Waals surface area contributed by atoms with Crippen molar-refractivity contribution >= 4 is 28.0 Å². The lowest BCUT2D eigenvalue weighted by Gasteiger charge is -2.08. The molecule has 0 unspecified atom stereocenters. The van der Waals surface area contributed by atoms with E-state index >= 15 is 0 Å². The third-order valence-corrected chi connectivity index (χ3v) is 2.87. The molecule has 18 heavy (non-hydrogen) atoms. The first kappa shape index (κ1) is 16.1. The molecule has 0 aromatic heterocycles. The Kier molecular flexibility index (Phi) is 5.99. The molecule has 0 saturated carbocycles. The Morgan fingerprint density at radius 3 is 2.11 bits per heavy atom. The van der Waals surface area contributed by atoms with Crippen molar-refractivity contribution in [3.05, 3.63) is 12.2 Å². The van der Waals surface area contributed by atoms with Gasteiger partial charge in [0.05, 0.1) is 0 Å². The van der Waals surface area contributed by atoms with Crippen LogP contribution < -0.4 is 5.32 Å². The number of rotatable bonds is 7. The van der Waals surface area contributed by atoms with Crippen molar-refractivity contribution in [2.75, 3.05) is 6.54 Å². The molecule has 0 heterocycles. The van der Waals surface area contributed by atoms with Crippen LogP contribution in [0.2, 0.25) is 0 Å². The number of amides is 1. The Bertz CT molecular complexity index is 465. The Morgan fingerprint density at radius 2 is 1.72 bits per heavy atom. The second kappa shape index (κ2) is 6.71. The molecule has 0 aliphatic heterocycles. The Labute approximate surface area is 102 Å². The van der Waals surface area contributed by atoms with Crippen LogP contribution in [0.1, 0.15) is 6.42 Å². The summed E-state index contributed by atoms with van der Waals surface area (Å²) in [5, 5.41) is 16.7. The van der Waals surface area contributed by atoms with Crippen LogP contribution in [-0.4, -0.2) is 52.8 Å². The Morgan fingerprint density at radius 1 is 1.17 bits per heavy atom. The quantitative estimate of drug-likeness (QED) is 0.323. The Balaban J connectivity index is 4.29. The van der Waals surface area contributed by atoms with E-state index < -0.39 is 39.6 Å². The third-order valence-electron chi connectivity index (χ3n) is 1.72. The minimum Gasteiger partial charge on any atom is -0.480 e. The highest BCUT2D eigenvalue weighted by Crippen LogP contribution is 2.03. The fourth-order valence-corrected chi connectivity index (χ4v) is 1.60. The van der Waals surface area contributed by atoms with Crippen molar-refractivity contribution in [1.82, 2.24) is 5.32 Å². The van der Waals surface area contributed by atoms with E-state index in [4.69, 9.17) is 14.8 Å². The molecule has 1 amide bonds. The fourth-order valence-electron chi connectivity index (χ4n) is 0.932. The van der Waals surface area contributed by atoms with Crippen LogP contribution in [0.5, 0.6) is 0 Å². The maximum absolute atomic E-state index is 10.9. The molecule has 102 valence electrons. The van der Waals surface area contributed by atoms with Crippen molar-refractivity contribution in [2.24, 2.45) is 0 Å². The molecule has 0 spiro atoms. The number of nitrogens with one attached hydrogen (secondary N) is 1. The highest BCUT2D eigenvalue weighted by molar-refractivity contribution is 7.87. The SMILES string of the molecule is O=C(O)/C=C\C(=O)NCC[C@H](C(=O)O)S(=O)(=O)O. The van der Waals surface area contributed by atoms with Gasteiger partial charge in [-0.25, -0.2) is 4.79 Å². The standard InChI is InChI=1S/C8H11NO8S/c10-6(1-2-7(11)12)9-4-3-5(8(13)14)18(15,16)17/h1-2,5H,3-4H2,(H,9,10)(H,11,12)(H,13,14)(H,15,16,17)/b2-1-/t5-/m1/s1. The van der Waals surface area contributed by atoms with Crippen molar-refractivity contribution < 1.29 is 37.6 Å². The number of carboxylic acids is 2. The van der Waals surface area contributed by atoms with E-state index in [0.29, 0.717) is 12.2 Å². The second-order valence-electron chi connectivity index (χ2n) is 3.09. The van der Waals surface area contributed by atoms with E-state index in [-0.39, 0.29) is 6.54 Å². The first-order valence-corrected chi connectivity index (χ1v) is 6.03. The number of carboxylic acid groups (broad SMARTS) is 2. The summed E-state index contributed by atoms with van der Waals surface area (Å²) in [6.07, 6.45) is 0.708. The van der Waals surface area contributed by atoms with E-state index in [9.17, 15) is 22.8 Å². The van der Waals surface area contributed by atoms with Gasteiger partial charge >= 0.3 is 11.9 Å². The fraction of sp³-hybridized carbons (Fsp3) is 0.375. The van der Waals surface area contributed by atoms with Crippen molar-refractivity contribution in [2.45, 2.75) is 11.7 Å². The average molecular weight is 281 g/mol. The molecule has 10 heteroatoms. The van der Waals surface area contributed by atoms with Crippen LogP contribution in [0, 0.1) is 0 Å². The minimum atomic E-state index is -4.75. The second-order valence-corrected chi connectivity index (χ2v) is 4.69. The van der Waals surface area contributed by atoms with Gasteiger partial charge in [0.25, 0.3) is 10.1 Å². The molecular formula is C8H11NO8S. The zero-order chi connectivity index (χ0) is 14.3. The summed E-state index contributed by atoms with van der Waals surface area (Å²) in [4.78, 5) is 31.5. The molecule has 9 nitrogen and oxygen atoms in total. The van der Waals surface area contributed by atoms with Crippen LogP contribution in [0.3, 0.4) is 0 Å². The lowest BCUT2D eigenvalue weighted by molar-refractivity contribution is -0.137. The summed E-state index contributed by atoms with van der Waals surface area (Å²) in [5.41, 5.74) is 0. The van der Waals surface area contributed by atoms with Crippen LogP contribution in [0.15, 0.2) is 12.2 Å². The predicted molar refractivity (Wildman–Crippen MR) is 57.4 cm³/mol. The topological polar surface area (TPSA) is 158 Å². The highest BCUT2D eigenvalue weighted by Gasteiger charge is 2.30. The van der Waals surface area contributed by atoms with Gasteiger partial charge in [0.15, 0.2) is 5.25 Å². The third kappa shape index (κ3) is 6.60. The van der Waals surface area contributed by atoms with Gasteiger partial charge in [-0.3, -0.25) is 14.1 Å². The lowest BCUT2D eigenvalue weighted by Crippen LogP contribution is -2.34. The van der Waals surface area contributed by atoms with Crippen molar-refractivity contribution in [3.8, 4) is 0 Å². The van der Waals surface area contributed by atoms with Gasteiger partial charge in [-0.1, -0.05) is 0 Å². The monoisotopic (exact) mass is 281 g/mol. The van der Waals surface area contributed by atoms with E-state index in [1.807, 2.05) is 0 Å². The molecule has 0 aliphatic rings. The number of hydrogen-bond donors (Lipinski definition) is 4. The van der Waals surface area contributed by atoms with Gasteiger partial charge in [-0.15, -0.1) is 0 Å². The van der Waals surface area contributed by atoms with Crippen LogP contribution in [0.25, 0.3) is 0 Å². The molecule has 0 rings (SSSR count). The van der Waals surface area contributed by atoms with Gasteiger partial charge < -0.3 is 15.5 Å². The van der Waals surface area contributed by atoms with Crippen LogP contribution in [-0.2, 0) is 24.5 Å². The first-order valence-electron chi connectivity index (χ1n) is 4.52. The zero-order valence-electron chi connectivity index (χ0n) is 8.94. The van der Waals surface area contributed by atoms with E-state index in [2.05, 4.69) is 5.32 Å². The Hall–Kier alpha value is -1.94. The first-order chi connectivity index (χ1) is 8.14. The summed E-state index contributed by atoms with van der Waals surface area (Å²) in [6, 6.07) is 0. The lowest BCUT2D eigenvalue weighted by atomic mass is 10.3. The van der Waals surface area contributed by atoms with Crippen LogP contribution >= 0.6 is 0 Å². The number of aliphatic carboxylic acids is 2. The maximum Gasteiger partial charge on any atom is 0.328 e. The largest absolute Gasteiger partial charge is 0.480 e. The van der Waals surface area contributed by atoms with E-state index in [1.54, 1.807) is 0 Å². The van der Waals surface area contributed by atoms with Crippen molar-refractivity contribution in [3.63, 3.8) is 0 Å². The summed E-state index contributed by atoms with van der Waals surface area (Å²) >= 11 is 0. The van der Waals surface area contributed by atoms with Gasteiger partial charge in [-0.05, 0) is 6.42 Å². The molecule has 0 bridgehead atoms. The summed E-state index contributed by atoms with van der Waals surface area (Å²) in [6.45, 7) is -0.348. The van der Waals surface area contributed by atoms with Gasteiger partial charge in [-0.2, -0.15) is 8.42 Å². The van der Waals surface area contributed by atoms with E-state index in [1.165, 1.54) is 0 Å². The average Bonchev–Trinajstić information content (AvgIpc) is 2.18. The van der Waals surface area contributed by atoms with Crippen LogP contribution in [0.4, 0.5) is 0 Å². The van der Waals surface area contributed by atoms with Crippen molar-refractivity contribution in [1.29, 1.82) is 0 Å². The molecule has 0 fully saturated rings.